The summed E-state index contributed by atoms with van der Waals surface area (Å²) in [5.41, 5.74) is 1.04. The number of anilines is 1. The number of halogens is 1. The Morgan fingerprint density at radius 2 is 1.79 bits per heavy atom. The minimum absolute atomic E-state index is 0.0363. The summed E-state index contributed by atoms with van der Waals surface area (Å²) >= 11 is 1.18. The molecular formula is C18H13FN4O3S2. The van der Waals surface area contributed by atoms with E-state index in [1.165, 1.54) is 48.7 Å². The summed E-state index contributed by atoms with van der Waals surface area (Å²) in [7, 11) is -2.51. The van der Waals surface area contributed by atoms with E-state index in [9.17, 15) is 12.8 Å². The molecule has 0 bridgehead atoms. The van der Waals surface area contributed by atoms with Crippen LogP contribution in [0.5, 0.6) is 0 Å². The number of rotatable bonds is 5. The van der Waals surface area contributed by atoms with Crippen LogP contribution in [-0.4, -0.2) is 30.6 Å². The van der Waals surface area contributed by atoms with Crippen LogP contribution in [0.3, 0.4) is 0 Å². The van der Waals surface area contributed by atoms with Gasteiger partial charge in [0.2, 0.25) is 5.82 Å². The molecular weight excluding hydrogens is 403 g/mol. The third kappa shape index (κ3) is 3.27. The van der Waals surface area contributed by atoms with Crippen molar-refractivity contribution in [3.05, 3.63) is 66.1 Å². The molecule has 28 heavy (non-hydrogen) atoms. The Labute approximate surface area is 164 Å². The number of sulfonamides is 1. The number of thiophene rings is 1. The van der Waals surface area contributed by atoms with Gasteiger partial charge in [-0.05, 0) is 47.8 Å². The fourth-order valence-electron chi connectivity index (χ4n) is 2.53. The van der Waals surface area contributed by atoms with Crippen LogP contribution in [0.25, 0.3) is 22.2 Å². The van der Waals surface area contributed by atoms with E-state index < -0.39 is 15.8 Å². The van der Waals surface area contributed by atoms with Crippen molar-refractivity contribution in [3.8, 4) is 22.2 Å². The fourth-order valence-corrected chi connectivity index (χ4v) is 5.04. The van der Waals surface area contributed by atoms with Crippen molar-refractivity contribution in [1.82, 2.24) is 15.1 Å². The second-order valence-corrected chi connectivity index (χ2v) is 8.58. The molecule has 7 nitrogen and oxygen atoms in total. The number of nitrogens with zero attached hydrogens (tertiary/aromatic N) is 4. The summed E-state index contributed by atoms with van der Waals surface area (Å²) in [5, 5.41) is 5.56. The van der Waals surface area contributed by atoms with Crippen LogP contribution in [-0.2, 0) is 10.0 Å². The highest BCUT2D eigenvalue weighted by molar-refractivity contribution is 7.93. The zero-order valence-corrected chi connectivity index (χ0v) is 16.1. The molecule has 0 N–H and O–H groups in total. The van der Waals surface area contributed by atoms with Crippen molar-refractivity contribution < 1.29 is 17.3 Å². The van der Waals surface area contributed by atoms with Crippen molar-refractivity contribution in [2.24, 2.45) is 0 Å². The van der Waals surface area contributed by atoms with Gasteiger partial charge in [-0.1, -0.05) is 5.16 Å². The molecule has 4 rings (SSSR count). The monoisotopic (exact) mass is 416 g/mol. The van der Waals surface area contributed by atoms with E-state index in [1.807, 2.05) is 0 Å². The van der Waals surface area contributed by atoms with Crippen molar-refractivity contribution in [2.45, 2.75) is 4.90 Å². The number of pyridine rings is 1. The smallest absolute Gasteiger partial charge is 0.269 e. The van der Waals surface area contributed by atoms with Gasteiger partial charge in [-0.15, -0.1) is 11.3 Å². The van der Waals surface area contributed by atoms with E-state index in [-0.39, 0.29) is 10.8 Å². The van der Waals surface area contributed by atoms with E-state index in [0.29, 0.717) is 22.0 Å². The molecule has 0 fully saturated rings. The Balaban J connectivity index is 1.71. The van der Waals surface area contributed by atoms with Crippen LogP contribution in [0, 0.1) is 5.82 Å². The average molecular weight is 416 g/mol. The maximum atomic E-state index is 13.1. The van der Waals surface area contributed by atoms with Gasteiger partial charge in [0.15, 0.2) is 0 Å². The first-order valence-electron chi connectivity index (χ1n) is 8.03. The maximum absolute atomic E-state index is 13.1. The molecule has 0 spiro atoms. The summed E-state index contributed by atoms with van der Waals surface area (Å²) < 4.78 is 45.7. The lowest BCUT2D eigenvalue weighted by Gasteiger charge is -2.19. The third-order valence-electron chi connectivity index (χ3n) is 4.02. The number of benzene rings is 1. The van der Waals surface area contributed by atoms with Gasteiger partial charge in [0.05, 0.1) is 5.69 Å². The summed E-state index contributed by atoms with van der Waals surface area (Å²) in [6.45, 7) is 0. The van der Waals surface area contributed by atoms with E-state index >= 15 is 0 Å². The van der Waals surface area contributed by atoms with Crippen LogP contribution in [0.1, 0.15) is 0 Å². The fraction of sp³-hybridized carbons (Fsp3) is 0.0556. The summed E-state index contributed by atoms with van der Waals surface area (Å²) in [6, 6.07) is 10.1. The van der Waals surface area contributed by atoms with Gasteiger partial charge in [-0.3, -0.25) is 9.29 Å². The molecule has 0 saturated carbocycles. The van der Waals surface area contributed by atoms with Gasteiger partial charge in [0, 0.05) is 25.0 Å². The van der Waals surface area contributed by atoms with Crippen LogP contribution >= 0.6 is 11.3 Å². The molecule has 1 aromatic carbocycles. The van der Waals surface area contributed by atoms with Gasteiger partial charge >= 0.3 is 0 Å². The van der Waals surface area contributed by atoms with Gasteiger partial charge < -0.3 is 4.52 Å². The molecule has 3 aromatic heterocycles. The molecule has 4 aromatic rings. The molecule has 0 aliphatic rings. The van der Waals surface area contributed by atoms with Gasteiger partial charge in [-0.25, -0.2) is 12.8 Å². The molecule has 3 heterocycles. The van der Waals surface area contributed by atoms with Gasteiger partial charge in [0.1, 0.15) is 15.6 Å². The second kappa shape index (κ2) is 7.13. The summed E-state index contributed by atoms with van der Waals surface area (Å²) in [5.74, 6) is -0.00537. The molecule has 0 radical (unpaired) electrons. The lowest BCUT2D eigenvalue weighted by molar-refractivity contribution is 0.432. The first kappa shape index (κ1) is 18.3. The number of hydrogen-bond donors (Lipinski definition) is 0. The first-order valence-corrected chi connectivity index (χ1v) is 10.4. The van der Waals surface area contributed by atoms with E-state index in [0.717, 1.165) is 4.31 Å². The van der Waals surface area contributed by atoms with Crippen LogP contribution in [0.2, 0.25) is 0 Å². The average Bonchev–Trinajstić information content (AvgIpc) is 3.38. The largest absolute Gasteiger partial charge is 0.333 e. The van der Waals surface area contributed by atoms with Crippen LogP contribution < -0.4 is 4.31 Å². The Kier molecular flexibility index (Phi) is 4.65. The highest BCUT2D eigenvalue weighted by Gasteiger charge is 2.28. The predicted molar refractivity (Wildman–Crippen MR) is 103 cm³/mol. The minimum atomic E-state index is -3.91. The molecule has 0 aliphatic carbocycles. The van der Waals surface area contributed by atoms with Crippen molar-refractivity contribution in [2.75, 3.05) is 11.4 Å². The lowest BCUT2D eigenvalue weighted by Crippen LogP contribution is -2.26. The van der Waals surface area contributed by atoms with Crippen molar-refractivity contribution >= 4 is 27.0 Å². The second-order valence-electron chi connectivity index (χ2n) is 5.72. The third-order valence-corrected chi connectivity index (χ3v) is 6.88. The van der Waals surface area contributed by atoms with Gasteiger partial charge in [-0.2, -0.15) is 4.98 Å². The number of hydrogen-bond acceptors (Lipinski definition) is 7. The normalized spacial score (nSPS) is 11.5. The quantitative estimate of drug-likeness (QED) is 0.491. The molecule has 0 amide bonds. The molecule has 0 aliphatic heterocycles. The first-order chi connectivity index (χ1) is 13.5. The molecule has 0 atom stereocenters. The van der Waals surface area contributed by atoms with Gasteiger partial charge in [0.25, 0.3) is 15.9 Å². The van der Waals surface area contributed by atoms with E-state index in [4.69, 9.17) is 4.52 Å². The van der Waals surface area contributed by atoms with Crippen molar-refractivity contribution in [3.63, 3.8) is 0 Å². The Bertz CT molecular complexity index is 1210. The molecule has 0 unspecified atom stereocenters. The SMILES string of the molecule is CN(c1ccc(F)cc1)S(=O)(=O)c1ccsc1-c1nc(-c2ccncc2)no1. The minimum Gasteiger partial charge on any atom is -0.333 e. The highest BCUT2D eigenvalue weighted by atomic mass is 32.2. The van der Waals surface area contributed by atoms with Crippen LogP contribution in [0.15, 0.2) is 69.7 Å². The topological polar surface area (TPSA) is 89.2 Å². The Morgan fingerprint density at radius 1 is 1.07 bits per heavy atom. The standard InChI is InChI=1S/C18H13FN4O3S2/c1-23(14-4-2-13(19)3-5-14)28(24,25)15-8-11-27-16(15)18-21-17(22-26-18)12-6-9-20-10-7-12/h2-11H,1H3. The Hall–Kier alpha value is -3.11. The zero-order valence-electron chi connectivity index (χ0n) is 14.5. The van der Waals surface area contributed by atoms with E-state index in [1.54, 1.807) is 29.9 Å². The summed E-state index contributed by atoms with van der Waals surface area (Å²) in [4.78, 5) is 8.62. The Morgan fingerprint density at radius 3 is 2.50 bits per heavy atom. The zero-order chi connectivity index (χ0) is 19.7. The molecule has 142 valence electrons. The maximum Gasteiger partial charge on any atom is 0.269 e. The predicted octanol–water partition coefficient (Wildman–Crippen LogP) is 3.82. The van der Waals surface area contributed by atoms with E-state index in [2.05, 4.69) is 15.1 Å². The highest BCUT2D eigenvalue weighted by Crippen LogP contribution is 2.35. The lowest BCUT2D eigenvalue weighted by atomic mass is 10.2. The molecule has 0 saturated heterocycles. The number of aromatic nitrogens is 3. The summed E-state index contributed by atoms with van der Waals surface area (Å²) in [6.07, 6.45) is 3.20. The molecule has 10 heteroatoms. The van der Waals surface area contributed by atoms with Crippen LogP contribution in [0.4, 0.5) is 10.1 Å². The van der Waals surface area contributed by atoms with Crippen molar-refractivity contribution in [1.29, 1.82) is 0 Å².